The zero-order valence-corrected chi connectivity index (χ0v) is 13.9. The third kappa shape index (κ3) is 2.75. The van der Waals surface area contributed by atoms with Gasteiger partial charge in [0.25, 0.3) is 0 Å². The molecule has 0 bridgehead atoms. The Bertz CT molecular complexity index is 995. The number of rotatable bonds is 4. The second kappa shape index (κ2) is 5.89. The van der Waals surface area contributed by atoms with Crippen LogP contribution in [0.25, 0.3) is 11.1 Å². The van der Waals surface area contributed by atoms with Crippen molar-refractivity contribution in [1.82, 2.24) is 4.72 Å². The number of fused-ring (bicyclic) bond motifs is 3. The molecular formula is C20H17NO2S. The molecular weight excluding hydrogens is 318 g/mol. The Morgan fingerprint density at radius 2 is 1.50 bits per heavy atom. The zero-order chi connectivity index (χ0) is 16.6. The largest absolute Gasteiger partial charge is 0.240 e. The molecule has 3 nitrogen and oxygen atoms in total. The van der Waals surface area contributed by atoms with Crippen LogP contribution in [0, 0.1) is 0 Å². The summed E-state index contributed by atoms with van der Waals surface area (Å²) in [4.78, 5) is 0.314. The van der Waals surface area contributed by atoms with Crippen LogP contribution < -0.4 is 4.72 Å². The van der Waals surface area contributed by atoms with E-state index in [4.69, 9.17) is 0 Å². The second-order valence-electron chi connectivity index (χ2n) is 5.96. The van der Waals surface area contributed by atoms with Gasteiger partial charge in [-0.3, -0.25) is 0 Å². The third-order valence-corrected chi connectivity index (χ3v) is 5.79. The number of sulfonamides is 1. The lowest BCUT2D eigenvalue weighted by Gasteiger charge is -2.09. The maximum atomic E-state index is 12.6. The quantitative estimate of drug-likeness (QED) is 0.617. The smallest absolute Gasteiger partial charge is 0.207 e. The number of nitrogens with one attached hydrogen (secondary N) is 1. The highest BCUT2D eigenvalue weighted by molar-refractivity contribution is 7.89. The molecule has 0 spiro atoms. The molecule has 0 fully saturated rings. The molecule has 0 aliphatic heterocycles. The van der Waals surface area contributed by atoms with Gasteiger partial charge in [0.05, 0.1) is 4.90 Å². The van der Waals surface area contributed by atoms with E-state index in [1.165, 1.54) is 11.1 Å². The molecule has 0 heterocycles. The summed E-state index contributed by atoms with van der Waals surface area (Å²) in [6.07, 6.45) is 0.864. The first kappa shape index (κ1) is 15.1. The van der Waals surface area contributed by atoms with Gasteiger partial charge in [0, 0.05) is 6.54 Å². The van der Waals surface area contributed by atoms with Crippen molar-refractivity contribution in [3.8, 4) is 11.1 Å². The zero-order valence-electron chi connectivity index (χ0n) is 13.1. The molecule has 4 heteroatoms. The van der Waals surface area contributed by atoms with E-state index in [-0.39, 0.29) is 6.54 Å². The standard InChI is InChI=1S/C20H17NO2S/c22-24(23,21-14-15-6-2-1-3-7-15)18-11-10-17-12-16-8-4-5-9-19(16)20(17)13-18/h1-11,13,21H,12,14H2. The predicted octanol–water partition coefficient (Wildman–Crippen LogP) is 3.74. The van der Waals surface area contributed by atoms with Crippen LogP contribution in [0.15, 0.2) is 77.7 Å². The van der Waals surface area contributed by atoms with Gasteiger partial charge >= 0.3 is 0 Å². The summed E-state index contributed by atoms with van der Waals surface area (Å²) < 4.78 is 27.9. The molecule has 24 heavy (non-hydrogen) atoms. The molecule has 0 unspecified atom stereocenters. The fourth-order valence-electron chi connectivity index (χ4n) is 3.13. The maximum absolute atomic E-state index is 12.6. The van der Waals surface area contributed by atoms with Crippen LogP contribution in [-0.2, 0) is 23.0 Å². The van der Waals surface area contributed by atoms with E-state index in [1.54, 1.807) is 12.1 Å². The fraction of sp³-hybridized carbons (Fsp3) is 0.100. The Balaban J connectivity index is 1.63. The first-order valence-corrected chi connectivity index (χ1v) is 9.37. The molecule has 0 saturated carbocycles. The molecule has 0 atom stereocenters. The van der Waals surface area contributed by atoms with Gasteiger partial charge in [0.1, 0.15) is 0 Å². The van der Waals surface area contributed by atoms with Crippen LogP contribution >= 0.6 is 0 Å². The SMILES string of the molecule is O=S(=O)(NCc1ccccc1)c1ccc2c(c1)-c1ccccc1C2. The van der Waals surface area contributed by atoms with Gasteiger partial charge in [-0.15, -0.1) is 0 Å². The Morgan fingerprint density at radius 1 is 0.792 bits per heavy atom. The van der Waals surface area contributed by atoms with Crippen molar-refractivity contribution in [1.29, 1.82) is 0 Å². The van der Waals surface area contributed by atoms with E-state index >= 15 is 0 Å². The molecule has 3 aromatic rings. The topological polar surface area (TPSA) is 46.2 Å². The highest BCUT2D eigenvalue weighted by Crippen LogP contribution is 2.37. The van der Waals surface area contributed by atoms with E-state index < -0.39 is 10.0 Å². The van der Waals surface area contributed by atoms with Gasteiger partial charge in [0.15, 0.2) is 0 Å². The molecule has 3 aromatic carbocycles. The van der Waals surface area contributed by atoms with Crippen molar-refractivity contribution in [2.45, 2.75) is 17.9 Å². The van der Waals surface area contributed by atoms with E-state index in [2.05, 4.69) is 16.9 Å². The van der Waals surface area contributed by atoms with Gasteiger partial charge < -0.3 is 0 Å². The molecule has 120 valence electrons. The van der Waals surface area contributed by atoms with Crippen LogP contribution in [0.4, 0.5) is 0 Å². The number of benzene rings is 3. The predicted molar refractivity (Wildman–Crippen MR) is 95.2 cm³/mol. The summed E-state index contributed by atoms with van der Waals surface area (Å²) in [5, 5.41) is 0. The average molecular weight is 335 g/mol. The normalized spacial score (nSPS) is 12.7. The van der Waals surface area contributed by atoms with Gasteiger partial charge in [0.2, 0.25) is 10.0 Å². The molecule has 0 amide bonds. The molecule has 1 N–H and O–H groups in total. The first-order valence-electron chi connectivity index (χ1n) is 7.88. The highest BCUT2D eigenvalue weighted by Gasteiger charge is 2.21. The van der Waals surface area contributed by atoms with Crippen LogP contribution in [0.5, 0.6) is 0 Å². The van der Waals surface area contributed by atoms with E-state index in [1.807, 2.05) is 48.5 Å². The molecule has 0 saturated heterocycles. The summed E-state index contributed by atoms with van der Waals surface area (Å²) in [6.45, 7) is 0.289. The Kier molecular flexibility index (Phi) is 3.71. The monoisotopic (exact) mass is 335 g/mol. The lowest BCUT2D eigenvalue weighted by molar-refractivity contribution is 0.581. The van der Waals surface area contributed by atoms with E-state index in [0.29, 0.717) is 4.90 Å². The van der Waals surface area contributed by atoms with Gasteiger partial charge in [-0.05, 0) is 46.4 Å². The summed E-state index contributed by atoms with van der Waals surface area (Å²) >= 11 is 0. The molecule has 1 aliphatic rings. The Labute approximate surface area is 142 Å². The average Bonchev–Trinajstić information content (AvgIpc) is 2.99. The van der Waals surface area contributed by atoms with E-state index in [0.717, 1.165) is 23.1 Å². The van der Waals surface area contributed by atoms with Crippen molar-refractivity contribution in [3.05, 3.63) is 89.5 Å². The fourth-order valence-corrected chi connectivity index (χ4v) is 4.17. The van der Waals surface area contributed by atoms with Crippen molar-refractivity contribution in [3.63, 3.8) is 0 Å². The van der Waals surface area contributed by atoms with Crippen molar-refractivity contribution < 1.29 is 8.42 Å². The lowest BCUT2D eigenvalue weighted by atomic mass is 10.1. The van der Waals surface area contributed by atoms with Gasteiger partial charge in [-0.2, -0.15) is 0 Å². The van der Waals surface area contributed by atoms with Crippen molar-refractivity contribution in [2.24, 2.45) is 0 Å². The minimum Gasteiger partial charge on any atom is -0.207 e. The number of hydrogen-bond donors (Lipinski definition) is 1. The molecule has 0 radical (unpaired) electrons. The Morgan fingerprint density at radius 3 is 2.33 bits per heavy atom. The Hall–Kier alpha value is -2.43. The second-order valence-corrected chi connectivity index (χ2v) is 7.73. The molecule has 0 aromatic heterocycles. The van der Waals surface area contributed by atoms with Gasteiger partial charge in [-0.1, -0.05) is 60.7 Å². The minimum absolute atomic E-state index is 0.289. The van der Waals surface area contributed by atoms with Crippen LogP contribution in [-0.4, -0.2) is 8.42 Å². The summed E-state index contributed by atoms with van der Waals surface area (Å²) in [6, 6.07) is 23.1. The van der Waals surface area contributed by atoms with Crippen molar-refractivity contribution >= 4 is 10.0 Å². The maximum Gasteiger partial charge on any atom is 0.240 e. The summed E-state index contributed by atoms with van der Waals surface area (Å²) in [5.74, 6) is 0. The third-order valence-electron chi connectivity index (χ3n) is 4.39. The first-order chi connectivity index (χ1) is 11.6. The molecule has 4 rings (SSSR count). The van der Waals surface area contributed by atoms with Crippen LogP contribution in [0.2, 0.25) is 0 Å². The number of hydrogen-bond acceptors (Lipinski definition) is 2. The van der Waals surface area contributed by atoms with Crippen LogP contribution in [0.3, 0.4) is 0 Å². The van der Waals surface area contributed by atoms with Crippen LogP contribution in [0.1, 0.15) is 16.7 Å². The highest BCUT2D eigenvalue weighted by atomic mass is 32.2. The summed E-state index contributed by atoms with van der Waals surface area (Å²) in [5.41, 5.74) is 5.52. The summed E-state index contributed by atoms with van der Waals surface area (Å²) in [7, 11) is -3.53. The molecule has 1 aliphatic carbocycles. The van der Waals surface area contributed by atoms with E-state index in [9.17, 15) is 8.42 Å². The lowest BCUT2D eigenvalue weighted by Crippen LogP contribution is -2.23. The van der Waals surface area contributed by atoms with Crippen molar-refractivity contribution in [2.75, 3.05) is 0 Å². The van der Waals surface area contributed by atoms with Gasteiger partial charge in [-0.25, -0.2) is 13.1 Å². The minimum atomic E-state index is -3.53.